The van der Waals surface area contributed by atoms with E-state index in [2.05, 4.69) is 42.3 Å². The Labute approximate surface area is 109 Å². The summed E-state index contributed by atoms with van der Waals surface area (Å²) in [4.78, 5) is 3.83. The lowest BCUT2D eigenvalue weighted by atomic mass is 10.0. The molecular weight excluding hydrogens is 228 g/mol. The van der Waals surface area contributed by atoms with Crippen molar-refractivity contribution >= 4 is 11.8 Å². The lowest BCUT2D eigenvalue weighted by Crippen LogP contribution is -2.43. The van der Waals surface area contributed by atoms with Gasteiger partial charge in [0.1, 0.15) is 0 Å². The fourth-order valence-corrected chi connectivity index (χ4v) is 2.89. The van der Waals surface area contributed by atoms with Gasteiger partial charge in [0, 0.05) is 23.5 Å². The van der Waals surface area contributed by atoms with Gasteiger partial charge in [-0.15, -0.1) is 11.8 Å². The molecule has 1 saturated heterocycles. The molecule has 3 heteroatoms. The highest BCUT2D eigenvalue weighted by Gasteiger charge is 2.21. The molecule has 2 rings (SSSR count). The van der Waals surface area contributed by atoms with Crippen LogP contribution < -0.4 is 5.73 Å². The summed E-state index contributed by atoms with van der Waals surface area (Å²) < 4.78 is 0. The predicted molar refractivity (Wildman–Crippen MR) is 75.4 cm³/mol. The van der Waals surface area contributed by atoms with Crippen LogP contribution in [0.25, 0.3) is 0 Å². The Bertz CT molecular complexity index is 350. The van der Waals surface area contributed by atoms with Gasteiger partial charge >= 0.3 is 0 Å². The Kier molecular flexibility index (Phi) is 4.48. The summed E-state index contributed by atoms with van der Waals surface area (Å²) in [6.07, 6.45) is 4.52. The average Bonchev–Trinajstić information content (AvgIpc) is 2.38. The summed E-state index contributed by atoms with van der Waals surface area (Å²) in [5.74, 6) is 0. The molecule has 0 aliphatic carbocycles. The van der Waals surface area contributed by atoms with Gasteiger partial charge < -0.3 is 5.73 Å². The summed E-state index contributed by atoms with van der Waals surface area (Å²) in [7, 11) is 0. The molecule has 2 N–H and O–H groups in total. The van der Waals surface area contributed by atoms with Gasteiger partial charge in [0.2, 0.25) is 0 Å². The second-order valence-corrected chi connectivity index (χ2v) is 5.73. The highest BCUT2D eigenvalue weighted by Crippen LogP contribution is 2.25. The number of thioether (sulfide) groups is 1. The number of likely N-dealkylation sites (tertiary alicyclic amines) is 1. The van der Waals surface area contributed by atoms with Crippen LogP contribution in [-0.4, -0.2) is 30.3 Å². The first kappa shape index (κ1) is 12.9. The van der Waals surface area contributed by atoms with E-state index in [0.29, 0.717) is 12.1 Å². The van der Waals surface area contributed by atoms with E-state index in [4.69, 9.17) is 5.73 Å². The fourth-order valence-electron chi connectivity index (χ4n) is 2.49. The van der Waals surface area contributed by atoms with Gasteiger partial charge in [-0.25, -0.2) is 0 Å². The van der Waals surface area contributed by atoms with Crippen LogP contribution in [0, 0.1) is 0 Å². The van der Waals surface area contributed by atoms with Crippen LogP contribution in [0.1, 0.15) is 31.4 Å². The normalized spacial score (nSPS) is 23.6. The zero-order chi connectivity index (χ0) is 12.3. The van der Waals surface area contributed by atoms with Crippen LogP contribution in [0.4, 0.5) is 0 Å². The molecule has 0 bridgehead atoms. The first-order valence-corrected chi connectivity index (χ1v) is 7.56. The van der Waals surface area contributed by atoms with Crippen molar-refractivity contribution in [2.45, 2.75) is 36.7 Å². The molecule has 0 radical (unpaired) electrons. The van der Waals surface area contributed by atoms with Crippen LogP contribution in [0.5, 0.6) is 0 Å². The molecule has 1 aliphatic rings. The first-order valence-electron chi connectivity index (χ1n) is 6.34. The number of hydrogen-bond donors (Lipinski definition) is 1. The van der Waals surface area contributed by atoms with Gasteiger partial charge in [0.15, 0.2) is 0 Å². The van der Waals surface area contributed by atoms with E-state index in [1.165, 1.54) is 29.8 Å². The van der Waals surface area contributed by atoms with Gasteiger partial charge in [-0.2, -0.15) is 0 Å². The second-order valence-electron chi connectivity index (χ2n) is 4.85. The summed E-state index contributed by atoms with van der Waals surface area (Å²) in [5, 5.41) is 0. The topological polar surface area (TPSA) is 29.3 Å². The lowest BCUT2D eigenvalue weighted by molar-refractivity contribution is 0.159. The minimum Gasteiger partial charge on any atom is -0.327 e. The van der Waals surface area contributed by atoms with Gasteiger partial charge in [-0.05, 0) is 50.3 Å². The highest BCUT2D eigenvalue weighted by molar-refractivity contribution is 7.98. The Hall–Kier alpha value is -0.510. The zero-order valence-electron chi connectivity index (χ0n) is 10.7. The summed E-state index contributed by atoms with van der Waals surface area (Å²) >= 11 is 1.79. The number of nitrogens with zero attached hydrogens (tertiary/aromatic N) is 1. The number of nitrogens with two attached hydrogens (primary N) is 1. The molecule has 1 aliphatic heterocycles. The van der Waals surface area contributed by atoms with Crippen molar-refractivity contribution in [3.63, 3.8) is 0 Å². The van der Waals surface area contributed by atoms with Crippen molar-refractivity contribution in [1.29, 1.82) is 0 Å². The molecule has 17 heavy (non-hydrogen) atoms. The number of hydrogen-bond acceptors (Lipinski definition) is 3. The number of benzene rings is 1. The maximum Gasteiger partial charge on any atom is 0.0320 e. The molecule has 1 fully saturated rings. The Balaban J connectivity index is 2.04. The highest BCUT2D eigenvalue weighted by atomic mass is 32.2. The summed E-state index contributed by atoms with van der Waals surface area (Å²) in [6.45, 7) is 4.50. The molecule has 2 nitrogen and oxygen atoms in total. The average molecular weight is 250 g/mol. The Morgan fingerprint density at radius 1 is 1.35 bits per heavy atom. The summed E-state index contributed by atoms with van der Waals surface area (Å²) in [5.41, 5.74) is 7.44. The van der Waals surface area contributed by atoms with Crippen molar-refractivity contribution in [1.82, 2.24) is 4.90 Å². The van der Waals surface area contributed by atoms with E-state index in [9.17, 15) is 0 Å². The largest absolute Gasteiger partial charge is 0.327 e. The molecular formula is C14H22N2S. The van der Waals surface area contributed by atoms with Crippen LogP contribution >= 0.6 is 11.8 Å². The minimum atomic E-state index is 0.358. The molecule has 0 amide bonds. The molecule has 1 heterocycles. The van der Waals surface area contributed by atoms with E-state index in [1.807, 2.05) is 0 Å². The maximum atomic E-state index is 6.04. The fraction of sp³-hybridized carbons (Fsp3) is 0.571. The van der Waals surface area contributed by atoms with E-state index < -0.39 is 0 Å². The monoisotopic (exact) mass is 250 g/mol. The van der Waals surface area contributed by atoms with Gasteiger partial charge in [-0.3, -0.25) is 4.90 Å². The smallest absolute Gasteiger partial charge is 0.0320 e. The van der Waals surface area contributed by atoms with Crippen LogP contribution in [0.2, 0.25) is 0 Å². The third kappa shape index (κ3) is 3.24. The molecule has 2 unspecified atom stereocenters. The standard InChI is InChI=1S/C14H22N2S/c1-11(16-9-3-4-13(15)10-16)12-5-7-14(17-2)8-6-12/h5-8,11,13H,3-4,9-10,15H2,1-2H3. The van der Waals surface area contributed by atoms with Crippen molar-refractivity contribution < 1.29 is 0 Å². The first-order chi connectivity index (χ1) is 8.20. The quantitative estimate of drug-likeness (QED) is 0.836. The van der Waals surface area contributed by atoms with Crippen LogP contribution in [-0.2, 0) is 0 Å². The maximum absolute atomic E-state index is 6.04. The van der Waals surface area contributed by atoms with E-state index in [1.54, 1.807) is 11.8 Å². The lowest BCUT2D eigenvalue weighted by Gasteiger charge is -2.35. The minimum absolute atomic E-state index is 0.358. The van der Waals surface area contributed by atoms with Crippen molar-refractivity contribution in [3.05, 3.63) is 29.8 Å². The predicted octanol–water partition coefficient (Wildman–Crippen LogP) is 2.89. The van der Waals surface area contributed by atoms with Crippen molar-refractivity contribution in [2.75, 3.05) is 19.3 Å². The molecule has 0 spiro atoms. The van der Waals surface area contributed by atoms with E-state index in [-0.39, 0.29) is 0 Å². The Morgan fingerprint density at radius 3 is 2.65 bits per heavy atom. The third-order valence-corrected chi connectivity index (χ3v) is 4.38. The third-order valence-electron chi connectivity index (χ3n) is 3.64. The molecule has 94 valence electrons. The number of piperidine rings is 1. The van der Waals surface area contributed by atoms with Gasteiger partial charge in [0.05, 0.1) is 0 Å². The van der Waals surface area contributed by atoms with Crippen LogP contribution in [0.15, 0.2) is 29.2 Å². The van der Waals surface area contributed by atoms with E-state index >= 15 is 0 Å². The Morgan fingerprint density at radius 2 is 2.06 bits per heavy atom. The van der Waals surface area contributed by atoms with Crippen molar-refractivity contribution in [3.8, 4) is 0 Å². The zero-order valence-corrected chi connectivity index (χ0v) is 11.5. The van der Waals surface area contributed by atoms with Crippen LogP contribution in [0.3, 0.4) is 0 Å². The number of rotatable bonds is 3. The second kappa shape index (κ2) is 5.89. The molecule has 0 saturated carbocycles. The van der Waals surface area contributed by atoms with Crippen molar-refractivity contribution in [2.24, 2.45) is 5.73 Å². The molecule has 0 aromatic heterocycles. The SMILES string of the molecule is CSc1ccc(C(C)N2CCCC(N)C2)cc1. The molecule has 1 aromatic rings. The summed E-state index contributed by atoms with van der Waals surface area (Å²) in [6, 6.07) is 9.75. The van der Waals surface area contributed by atoms with Gasteiger partial charge in [0.25, 0.3) is 0 Å². The van der Waals surface area contributed by atoms with Gasteiger partial charge in [-0.1, -0.05) is 12.1 Å². The molecule has 1 aromatic carbocycles. The molecule has 2 atom stereocenters. The van der Waals surface area contributed by atoms with E-state index in [0.717, 1.165) is 6.54 Å².